The quantitative estimate of drug-likeness (QED) is 0.872. The van der Waals surface area contributed by atoms with E-state index in [0.717, 1.165) is 12.0 Å². The Balaban J connectivity index is 1.97. The van der Waals surface area contributed by atoms with E-state index in [9.17, 15) is 4.79 Å². The molecular formula is C16H17NO. The van der Waals surface area contributed by atoms with Gasteiger partial charge in [0.05, 0.1) is 0 Å². The van der Waals surface area contributed by atoms with Crippen molar-refractivity contribution in [3.8, 4) is 0 Å². The molecule has 2 heteroatoms. The van der Waals surface area contributed by atoms with Crippen LogP contribution in [0.25, 0.3) is 0 Å². The zero-order valence-electron chi connectivity index (χ0n) is 10.5. The lowest BCUT2D eigenvalue weighted by Gasteiger charge is -2.06. The van der Waals surface area contributed by atoms with Crippen molar-refractivity contribution in [3.05, 3.63) is 71.3 Å². The molecule has 2 nitrogen and oxygen atoms in total. The largest absolute Gasteiger partial charge is 0.348 e. The van der Waals surface area contributed by atoms with Crippen molar-refractivity contribution < 1.29 is 4.79 Å². The zero-order chi connectivity index (χ0) is 12.8. The third-order valence-electron chi connectivity index (χ3n) is 2.89. The van der Waals surface area contributed by atoms with Crippen LogP contribution in [0, 0.1) is 0 Å². The van der Waals surface area contributed by atoms with Gasteiger partial charge in [-0.15, -0.1) is 0 Å². The SMILES string of the molecule is CCc1cccc(CNC(=O)c2ccccc2)c1. The molecule has 1 amide bonds. The Labute approximate surface area is 108 Å². The normalized spacial score (nSPS) is 10.1. The topological polar surface area (TPSA) is 29.1 Å². The zero-order valence-corrected chi connectivity index (χ0v) is 10.5. The Kier molecular flexibility index (Phi) is 4.13. The van der Waals surface area contributed by atoms with Crippen LogP contribution in [0.4, 0.5) is 0 Å². The van der Waals surface area contributed by atoms with Crippen molar-refractivity contribution in [1.82, 2.24) is 5.32 Å². The number of aryl methyl sites for hydroxylation is 1. The molecule has 0 aliphatic rings. The fraction of sp³-hybridized carbons (Fsp3) is 0.188. The molecule has 0 bridgehead atoms. The Morgan fingerprint density at radius 3 is 2.44 bits per heavy atom. The van der Waals surface area contributed by atoms with E-state index in [0.29, 0.717) is 12.1 Å². The molecular weight excluding hydrogens is 222 g/mol. The van der Waals surface area contributed by atoms with Gasteiger partial charge in [-0.05, 0) is 29.7 Å². The van der Waals surface area contributed by atoms with Gasteiger partial charge < -0.3 is 5.32 Å². The molecule has 0 fully saturated rings. The van der Waals surface area contributed by atoms with Crippen LogP contribution in [0.3, 0.4) is 0 Å². The van der Waals surface area contributed by atoms with Crippen molar-refractivity contribution in [2.45, 2.75) is 19.9 Å². The number of rotatable bonds is 4. The number of carbonyl (C=O) groups excluding carboxylic acids is 1. The van der Waals surface area contributed by atoms with Crippen molar-refractivity contribution >= 4 is 5.91 Å². The van der Waals surface area contributed by atoms with E-state index in [1.807, 2.05) is 42.5 Å². The van der Waals surface area contributed by atoms with Crippen LogP contribution in [0.5, 0.6) is 0 Å². The summed E-state index contributed by atoms with van der Waals surface area (Å²) in [6.45, 7) is 2.70. The Hall–Kier alpha value is -2.09. The van der Waals surface area contributed by atoms with Gasteiger partial charge in [-0.1, -0.05) is 49.4 Å². The van der Waals surface area contributed by atoms with Crippen LogP contribution in [-0.4, -0.2) is 5.91 Å². The van der Waals surface area contributed by atoms with Crippen molar-refractivity contribution in [1.29, 1.82) is 0 Å². The Morgan fingerprint density at radius 1 is 1.00 bits per heavy atom. The summed E-state index contributed by atoms with van der Waals surface area (Å²) in [5.74, 6) is -0.0301. The Bertz CT molecular complexity index is 520. The summed E-state index contributed by atoms with van der Waals surface area (Å²) in [6, 6.07) is 17.6. The number of benzene rings is 2. The highest BCUT2D eigenvalue weighted by Gasteiger charge is 2.03. The van der Waals surface area contributed by atoms with Gasteiger partial charge in [0.1, 0.15) is 0 Å². The molecule has 0 aliphatic heterocycles. The highest BCUT2D eigenvalue weighted by atomic mass is 16.1. The van der Waals surface area contributed by atoms with Gasteiger partial charge in [0.15, 0.2) is 0 Å². The van der Waals surface area contributed by atoms with Crippen LogP contribution < -0.4 is 5.32 Å². The molecule has 0 unspecified atom stereocenters. The van der Waals surface area contributed by atoms with E-state index in [2.05, 4.69) is 24.4 Å². The van der Waals surface area contributed by atoms with Crippen LogP contribution in [0.1, 0.15) is 28.4 Å². The highest BCUT2D eigenvalue weighted by Crippen LogP contribution is 2.06. The second-order valence-corrected chi connectivity index (χ2v) is 4.22. The van der Waals surface area contributed by atoms with E-state index in [-0.39, 0.29) is 5.91 Å². The summed E-state index contributed by atoms with van der Waals surface area (Å²) in [6.07, 6.45) is 1.01. The van der Waals surface area contributed by atoms with Gasteiger partial charge in [-0.3, -0.25) is 4.79 Å². The smallest absolute Gasteiger partial charge is 0.251 e. The number of amides is 1. The predicted molar refractivity (Wildman–Crippen MR) is 73.4 cm³/mol. The van der Waals surface area contributed by atoms with Crippen LogP contribution >= 0.6 is 0 Å². The molecule has 92 valence electrons. The molecule has 2 aromatic carbocycles. The fourth-order valence-corrected chi connectivity index (χ4v) is 1.83. The molecule has 0 saturated carbocycles. The number of nitrogens with one attached hydrogen (secondary N) is 1. The van der Waals surface area contributed by atoms with Gasteiger partial charge in [0.25, 0.3) is 5.91 Å². The number of hydrogen-bond acceptors (Lipinski definition) is 1. The molecule has 0 heterocycles. The first kappa shape index (κ1) is 12.4. The van der Waals surface area contributed by atoms with E-state index in [1.54, 1.807) is 0 Å². The van der Waals surface area contributed by atoms with Gasteiger partial charge in [0, 0.05) is 12.1 Å². The standard InChI is InChI=1S/C16H17NO/c1-2-13-7-6-8-14(11-13)12-17-16(18)15-9-4-3-5-10-15/h3-11H,2,12H2,1H3,(H,17,18). The summed E-state index contributed by atoms with van der Waals surface area (Å²) in [4.78, 5) is 11.9. The van der Waals surface area contributed by atoms with E-state index < -0.39 is 0 Å². The molecule has 18 heavy (non-hydrogen) atoms. The molecule has 0 aliphatic carbocycles. The molecule has 0 atom stereocenters. The second kappa shape index (κ2) is 6.01. The molecule has 2 aromatic rings. The molecule has 1 N–H and O–H groups in total. The average molecular weight is 239 g/mol. The minimum Gasteiger partial charge on any atom is -0.348 e. The maximum Gasteiger partial charge on any atom is 0.251 e. The summed E-state index contributed by atoms with van der Waals surface area (Å²) in [7, 11) is 0. The summed E-state index contributed by atoms with van der Waals surface area (Å²) in [5, 5.41) is 2.93. The third-order valence-corrected chi connectivity index (χ3v) is 2.89. The lowest BCUT2D eigenvalue weighted by Crippen LogP contribution is -2.22. The van der Waals surface area contributed by atoms with Crippen molar-refractivity contribution in [3.63, 3.8) is 0 Å². The monoisotopic (exact) mass is 239 g/mol. The summed E-state index contributed by atoms with van der Waals surface area (Å²) >= 11 is 0. The molecule has 0 saturated heterocycles. The van der Waals surface area contributed by atoms with Gasteiger partial charge in [-0.25, -0.2) is 0 Å². The minimum absolute atomic E-state index is 0.0301. The molecule has 0 radical (unpaired) electrons. The fourth-order valence-electron chi connectivity index (χ4n) is 1.83. The van der Waals surface area contributed by atoms with Gasteiger partial charge in [-0.2, -0.15) is 0 Å². The lowest BCUT2D eigenvalue weighted by molar-refractivity contribution is 0.0951. The highest BCUT2D eigenvalue weighted by molar-refractivity contribution is 5.94. The lowest BCUT2D eigenvalue weighted by atomic mass is 10.1. The van der Waals surface area contributed by atoms with E-state index >= 15 is 0 Å². The van der Waals surface area contributed by atoms with E-state index in [1.165, 1.54) is 5.56 Å². The molecule has 0 spiro atoms. The van der Waals surface area contributed by atoms with E-state index in [4.69, 9.17) is 0 Å². The van der Waals surface area contributed by atoms with Crippen LogP contribution in [0.15, 0.2) is 54.6 Å². The number of carbonyl (C=O) groups is 1. The molecule has 0 aromatic heterocycles. The third kappa shape index (κ3) is 3.20. The predicted octanol–water partition coefficient (Wildman–Crippen LogP) is 3.18. The van der Waals surface area contributed by atoms with Gasteiger partial charge in [0.2, 0.25) is 0 Å². The first-order chi connectivity index (χ1) is 8.79. The second-order valence-electron chi connectivity index (χ2n) is 4.22. The molecule has 2 rings (SSSR count). The summed E-state index contributed by atoms with van der Waals surface area (Å²) in [5.41, 5.74) is 3.13. The maximum atomic E-state index is 11.9. The van der Waals surface area contributed by atoms with Crippen LogP contribution in [-0.2, 0) is 13.0 Å². The van der Waals surface area contributed by atoms with Crippen molar-refractivity contribution in [2.24, 2.45) is 0 Å². The Morgan fingerprint density at radius 2 is 1.72 bits per heavy atom. The summed E-state index contributed by atoms with van der Waals surface area (Å²) < 4.78 is 0. The maximum absolute atomic E-state index is 11.9. The average Bonchev–Trinajstić information content (AvgIpc) is 2.46. The van der Waals surface area contributed by atoms with Crippen LogP contribution in [0.2, 0.25) is 0 Å². The first-order valence-corrected chi connectivity index (χ1v) is 6.20. The minimum atomic E-state index is -0.0301. The van der Waals surface area contributed by atoms with Gasteiger partial charge >= 0.3 is 0 Å². The first-order valence-electron chi connectivity index (χ1n) is 6.20. The van der Waals surface area contributed by atoms with Crippen molar-refractivity contribution in [2.75, 3.05) is 0 Å². The number of hydrogen-bond donors (Lipinski definition) is 1.